The maximum Gasteiger partial charge on any atom is 0.416 e. The fourth-order valence-corrected chi connectivity index (χ4v) is 4.15. The van der Waals surface area contributed by atoms with Gasteiger partial charge in [-0.1, -0.05) is 18.2 Å². The first-order valence-corrected chi connectivity index (χ1v) is 8.82. The average molecular weight is 374 g/mol. The summed E-state index contributed by atoms with van der Waals surface area (Å²) >= 11 is 0. The lowest BCUT2D eigenvalue weighted by Crippen LogP contribution is -2.68. The van der Waals surface area contributed by atoms with Crippen LogP contribution in [-0.4, -0.2) is 49.9 Å². The molecule has 3 aliphatic heterocycles. The largest absolute Gasteiger partial charge is 0.416 e. The highest BCUT2D eigenvalue weighted by atomic mass is 19.4. The minimum Gasteiger partial charge on any atom is -0.352 e. The minimum absolute atomic E-state index is 0.239. The quantitative estimate of drug-likeness (QED) is 0.705. The van der Waals surface area contributed by atoms with Crippen LogP contribution in [0.1, 0.15) is 17.5 Å². The highest BCUT2D eigenvalue weighted by Gasteiger charge is 2.45. The summed E-state index contributed by atoms with van der Waals surface area (Å²) in [4.78, 5) is 4.36. The first-order valence-electron chi connectivity index (χ1n) is 8.82. The number of benzene rings is 1. The fourth-order valence-electron chi connectivity index (χ4n) is 4.15. The number of rotatable bonds is 3. The maximum absolute atomic E-state index is 13.2. The highest BCUT2D eigenvalue weighted by Crippen LogP contribution is 2.38. The van der Waals surface area contributed by atoms with Crippen LogP contribution in [0, 0.1) is 0 Å². The van der Waals surface area contributed by atoms with Crippen LogP contribution in [0.3, 0.4) is 0 Å². The fraction of sp³-hybridized carbons (Fsp3) is 0.389. The Balaban J connectivity index is 1.32. The molecule has 0 radical (unpaired) electrons. The van der Waals surface area contributed by atoms with Gasteiger partial charge in [0, 0.05) is 31.7 Å². The van der Waals surface area contributed by atoms with Crippen LogP contribution in [-0.2, 0) is 12.7 Å². The van der Waals surface area contributed by atoms with Crippen molar-refractivity contribution >= 4 is 11.5 Å². The molecule has 2 bridgehead atoms. The molecule has 3 saturated heterocycles. The van der Waals surface area contributed by atoms with Gasteiger partial charge in [-0.25, -0.2) is 0 Å². The van der Waals surface area contributed by atoms with Crippen LogP contribution in [0.2, 0.25) is 0 Å². The molecule has 6 rings (SSSR count). The third-order valence-corrected chi connectivity index (χ3v) is 5.49. The number of nitrogens with zero attached hydrogens (tertiary/aromatic N) is 6. The number of piperidine rings is 1. The van der Waals surface area contributed by atoms with Crippen LogP contribution >= 0.6 is 0 Å². The number of hydrogen-bond acceptors (Lipinski definition) is 5. The first kappa shape index (κ1) is 16.5. The zero-order chi connectivity index (χ0) is 18.6. The number of aromatic nitrogens is 4. The van der Waals surface area contributed by atoms with Crippen LogP contribution in [0.15, 0.2) is 42.7 Å². The van der Waals surface area contributed by atoms with E-state index in [1.165, 1.54) is 6.07 Å². The molecule has 9 heteroatoms. The van der Waals surface area contributed by atoms with Gasteiger partial charge in [0.15, 0.2) is 5.65 Å². The number of alkyl halides is 3. The molecular weight excluding hydrogens is 357 g/mol. The van der Waals surface area contributed by atoms with Gasteiger partial charge in [0.1, 0.15) is 12.1 Å². The number of halogens is 3. The zero-order valence-corrected chi connectivity index (χ0v) is 14.3. The van der Waals surface area contributed by atoms with E-state index in [4.69, 9.17) is 0 Å². The molecule has 3 fully saturated rings. The molecule has 140 valence electrons. The van der Waals surface area contributed by atoms with Crippen LogP contribution < -0.4 is 4.90 Å². The summed E-state index contributed by atoms with van der Waals surface area (Å²) in [7, 11) is 0. The molecule has 5 heterocycles. The Morgan fingerprint density at radius 1 is 1.04 bits per heavy atom. The third kappa shape index (κ3) is 2.82. The minimum atomic E-state index is -4.32. The average Bonchev–Trinajstić information content (AvgIpc) is 3.13. The van der Waals surface area contributed by atoms with Crippen molar-refractivity contribution in [3.63, 3.8) is 0 Å². The van der Waals surface area contributed by atoms with E-state index in [1.54, 1.807) is 23.0 Å². The van der Waals surface area contributed by atoms with Crippen molar-refractivity contribution in [3.8, 4) is 0 Å². The lowest BCUT2D eigenvalue weighted by molar-refractivity contribution is -0.139. The van der Waals surface area contributed by atoms with Gasteiger partial charge in [-0.05, 0) is 30.2 Å². The third-order valence-electron chi connectivity index (χ3n) is 5.49. The molecule has 3 aliphatic rings. The molecule has 27 heavy (non-hydrogen) atoms. The molecule has 2 unspecified atom stereocenters. The number of piperazine rings is 1. The Kier molecular flexibility index (Phi) is 3.61. The Labute approximate surface area is 153 Å². The van der Waals surface area contributed by atoms with E-state index in [0.717, 1.165) is 31.4 Å². The Morgan fingerprint density at radius 3 is 2.59 bits per heavy atom. The van der Waals surface area contributed by atoms with E-state index < -0.39 is 11.7 Å². The van der Waals surface area contributed by atoms with Crippen molar-refractivity contribution in [1.29, 1.82) is 0 Å². The Morgan fingerprint density at radius 2 is 1.81 bits per heavy atom. The molecule has 0 spiro atoms. The van der Waals surface area contributed by atoms with Crippen molar-refractivity contribution in [3.05, 3.63) is 53.9 Å². The summed E-state index contributed by atoms with van der Waals surface area (Å²) in [6.45, 7) is 1.84. The van der Waals surface area contributed by atoms with Gasteiger partial charge in [0.25, 0.3) is 0 Å². The van der Waals surface area contributed by atoms with E-state index in [9.17, 15) is 13.2 Å². The summed E-state index contributed by atoms with van der Waals surface area (Å²) in [6.07, 6.45) is -1.75. The smallest absolute Gasteiger partial charge is 0.352 e. The second-order valence-corrected chi connectivity index (χ2v) is 7.10. The standard InChI is InChI=1S/C18H17F3N6/c19-18(20,21)15-4-2-1-3-12(15)8-26-13-7-14(26)10-25(9-13)17-6-5-16-23-22-11-27(16)24-17/h1-6,11,13-14H,7-10H2. The maximum atomic E-state index is 13.2. The van der Waals surface area contributed by atoms with Crippen molar-refractivity contribution in [2.45, 2.75) is 31.2 Å². The van der Waals surface area contributed by atoms with Gasteiger partial charge in [-0.15, -0.1) is 15.3 Å². The molecule has 0 aliphatic carbocycles. The second kappa shape index (κ2) is 5.91. The molecule has 0 N–H and O–H groups in total. The summed E-state index contributed by atoms with van der Waals surface area (Å²) < 4.78 is 41.4. The topological polar surface area (TPSA) is 49.6 Å². The second-order valence-electron chi connectivity index (χ2n) is 7.10. The number of anilines is 1. The Hall–Kier alpha value is -2.68. The van der Waals surface area contributed by atoms with Crippen molar-refractivity contribution in [1.82, 2.24) is 24.7 Å². The summed E-state index contributed by atoms with van der Waals surface area (Å²) in [5, 5.41) is 12.3. The predicted molar refractivity (Wildman–Crippen MR) is 92.2 cm³/mol. The SMILES string of the molecule is FC(F)(F)c1ccccc1CN1C2CC1CN(c1ccc3nncn3n1)C2. The van der Waals surface area contributed by atoms with Gasteiger partial charge < -0.3 is 4.90 Å². The molecule has 2 atom stereocenters. The molecule has 2 aromatic heterocycles. The lowest BCUT2D eigenvalue weighted by Gasteiger charge is -2.56. The van der Waals surface area contributed by atoms with Crippen LogP contribution in [0.25, 0.3) is 5.65 Å². The predicted octanol–water partition coefficient (Wildman–Crippen LogP) is 2.61. The molecule has 0 saturated carbocycles. The monoisotopic (exact) mass is 374 g/mol. The molecule has 0 amide bonds. The molecule has 3 aromatic rings. The van der Waals surface area contributed by atoms with Gasteiger partial charge in [-0.3, -0.25) is 4.90 Å². The van der Waals surface area contributed by atoms with E-state index in [1.807, 2.05) is 12.1 Å². The first-order chi connectivity index (χ1) is 13.0. The molecular formula is C18H17F3N6. The number of fused-ring (bicyclic) bond motifs is 3. The summed E-state index contributed by atoms with van der Waals surface area (Å²) in [5.74, 6) is 0.840. The van der Waals surface area contributed by atoms with Gasteiger partial charge in [-0.2, -0.15) is 17.7 Å². The molecule has 6 nitrogen and oxygen atoms in total. The zero-order valence-electron chi connectivity index (χ0n) is 14.3. The summed E-state index contributed by atoms with van der Waals surface area (Å²) in [5.41, 5.74) is 0.495. The van der Waals surface area contributed by atoms with Gasteiger partial charge in [0.05, 0.1) is 5.56 Å². The normalized spacial score (nSPS) is 22.9. The van der Waals surface area contributed by atoms with E-state index >= 15 is 0 Å². The van der Waals surface area contributed by atoms with Gasteiger partial charge in [0.2, 0.25) is 0 Å². The van der Waals surface area contributed by atoms with E-state index in [0.29, 0.717) is 17.8 Å². The Bertz CT molecular complexity index is 972. The van der Waals surface area contributed by atoms with E-state index in [-0.39, 0.29) is 12.1 Å². The summed E-state index contributed by atoms with van der Waals surface area (Å²) in [6, 6.07) is 10.1. The van der Waals surface area contributed by atoms with Crippen LogP contribution in [0.5, 0.6) is 0 Å². The van der Waals surface area contributed by atoms with Crippen molar-refractivity contribution in [2.75, 3.05) is 18.0 Å². The number of hydrogen-bond donors (Lipinski definition) is 0. The van der Waals surface area contributed by atoms with E-state index in [2.05, 4.69) is 25.1 Å². The molecule has 1 aromatic carbocycles. The lowest BCUT2D eigenvalue weighted by atomic mass is 9.86. The van der Waals surface area contributed by atoms with Crippen molar-refractivity contribution in [2.24, 2.45) is 0 Å². The highest BCUT2D eigenvalue weighted by molar-refractivity contribution is 5.46. The van der Waals surface area contributed by atoms with Gasteiger partial charge >= 0.3 is 6.18 Å². The van der Waals surface area contributed by atoms with Crippen LogP contribution in [0.4, 0.5) is 19.0 Å². The van der Waals surface area contributed by atoms with Crippen molar-refractivity contribution < 1.29 is 13.2 Å².